The van der Waals surface area contributed by atoms with E-state index in [0.29, 0.717) is 13.2 Å². The molecule has 0 spiro atoms. The van der Waals surface area contributed by atoms with E-state index in [2.05, 4.69) is 10.6 Å². The quantitative estimate of drug-likeness (QED) is 0.416. The highest BCUT2D eigenvalue weighted by Crippen LogP contribution is 1.89. The zero-order valence-electron chi connectivity index (χ0n) is 11.4. The van der Waals surface area contributed by atoms with Crippen molar-refractivity contribution in [1.82, 2.24) is 16.0 Å². The number of nitrogens with one attached hydrogen (secondary N) is 3. The van der Waals surface area contributed by atoms with Gasteiger partial charge in [-0.1, -0.05) is 0 Å². The van der Waals surface area contributed by atoms with E-state index in [0.717, 1.165) is 0 Å². The first-order chi connectivity index (χ1) is 9.36. The maximum Gasteiger partial charge on any atom is 0.322 e. The van der Waals surface area contributed by atoms with Crippen LogP contribution in [-0.4, -0.2) is 55.2 Å². The van der Waals surface area contributed by atoms with Gasteiger partial charge >= 0.3 is 12.0 Å². The molecule has 1 unspecified atom stereocenters. The average molecular weight is 289 g/mol. The molecule has 0 fully saturated rings. The van der Waals surface area contributed by atoms with Gasteiger partial charge in [-0.2, -0.15) is 0 Å². The van der Waals surface area contributed by atoms with Gasteiger partial charge in [0.15, 0.2) is 0 Å². The molecule has 1 atom stereocenters. The molecular formula is C11H19N3O6. The molecule has 0 aromatic heterocycles. The van der Waals surface area contributed by atoms with Gasteiger partial charge < -0.3 is 20.5 Å². The number of carbonyl (C=O) groups excluding carboxylic acids is 3. The Kier molecular flexibility index (Phi) is 8.68. The summed E-state index contributed by atoms with van der Waals surface area (Å²) in [6, 6.07) is -1.69. The monoisotopic (exact) mass is 289 g/mol. The summed E-state index contributed by atoms with van der Waals surface area (Å²) >= 11 is 0. The maximum atomic E-state index is 11.5. The van der Waals surface area contributed by atoms with Gasteiger partial charge in [-0.25, -0.2) is 4.79 Å². The Bertz CT molecular complexity index is 371. The van der Waals surface area contributed by atoms with Crippen LogP contribution in [0.15, 0.2) is 0 Å². The molecule has 4 amide bonds. The van der Waals surface area contributed by atoms with E-state index in [9.17, 15) is 19.2 Å². The third kappa shape index (κ3) is 8.86. The topological polar surface area (TPSA) is 134 Å². The van der Waals surface area contributed by atoms with Gasteiger partial charge in [-0.05, 0) is 6.92 Å². The minimum absolute atomic E-state index is 0.306. The van der Waals surface area contributed by atoms with Gasteiger partial charge in [0, 0.05) is 20.1 Å². The third-order valence-electron chi connectivity index (χ3n) is 2.17. The first-order valence-electron chi connectivity index (χ1n) is 5.95. The van der Waals surface area contributed by atoms with Crippen molar-refractivity contribution < 1.29 is 29.0 Å². The van der Waals surface area contributed by atoms with Crippen LogP contribution in [0.5, 0.6) is 0 Å². The standard InChI is InChI=1S/C11H19N3O6/c1-7(10(18)12-5-6-20-2)13-11(19)14-8(15)3-4-9(16)17/h7H,3-6H2,1-2H3,(H,12,18)(H,16,17)(H2,13,14,15,19). The summed E-state index contributed by atoms with van der Waals surface area (Å²) in [5, 5.41) is 15.1. The van der Waals surface area contributed by atoms with Crippen molar-refractivity contribution in [2.24, 2.45) is 0 Å². The van der Waals surface area contributed by atoms with Crippen LogP contribution in [0.25, 0.3) is 0 Å². The Morgan fingerprint density at radius 1 is 1.20 bits per heavy atom. The number of amides is 4. The van der Waals surface area contributed by atoms with Gasteiger partial charge in [-0.3, -0.25) is 19.7 Å². The smallest absolute Gasteiger partial charge is 0.322 e. The van der Waals surface area contributed by atoms with Crippen molar-refractivity contribution in [2.45, 2.75) is 25.8 Å². The predicted molar refractivity (Wildman–Crippen MR) is 67.9 cm³/mol. The number of imide groups is 1. The second-order valence-corrected chi connectivity index (χ2v) is 3.92. The first-order valence-corrected chi connectivity index (χ1v) is 5.95. The molecule has 114 valence electrons. The number of carboxylic acid groups (broad SMARTS) is 1. The average Bonchev–Trinajstić information content (AvgIpc) is 2.36. The number of ether oxygens (including phenoxy) is 1. The fourth-order valence-corrected chi connectivity index (χ4v) is 1.14. The molecule has 0 aliphatic carbocycles. The van der Waals surface area contributed by atoms with Crippen molar-refractivity contribution in [3.05, 3.63) is 0 Å². The normalized spacial score (nSPS) is 11.3. The SMILES string of the molecule is COCCNC(=O)C(C)NC(=O)NC(=O)CCC(=O)O. The summed E-state index contributed by atoms with van der Waals surface area (Å²) in [6.45, 7) is 2.10. The largest absolute Gasteiger partial charge is 0.481 e. The summed E-state index contributed by atoms with van der Waals surface area (Å²) in [6.07, 6.45) is -0.677. The van der Waals surface area contributed by atoms with E-state index < -0.39 is 29.9 Å². The fourth-order valence-electron chi connectivity index (χ4n) is 1.14. The van der Waals surface area contributed by atoms with Crippen molar-refractivity contribution in [1.29, 1.82) is 0 Å². The van der Waals surface area contributed by atoms with Crippen LogP contribution >= 0.6 is 0 Å². The molecule has 4 N–H and O–H groups in total. The molecule has 20 heavy (non-hydrogen) atoms. The molecule has 0 aromatic carbocycles. The van der Waals surface area contributed by atoms with E-state index in [1.54, 1.807) is 0 Å². The molecule has 0 aliphatic heterocycles. The summed E-state index contributed by atoms with van der Waals surface area (Å²) in [5.41, 5.74) is 0. The number of hydrogen-bond acceptors (Lipinski definition) is 5. The summed E-state index contributed by atoms with van der Waals surface area (Å²) in [4.78, 5) is 44.2. The van der Waals surface area contributed by atoms with E-state index in [1.807, 2.05) is 5.32 Å². The highest BCUT2D eigenvalue weighted by Gasteiger charge is 2.16. The van der Waals surface area contributed by atoms with Crippen LogP contribution in [0.2, 0.25) is 0 Å². The molecule has 0 saturated carbocycles. The molecule has 0 aliphatic rings. The molecule has 0 radical (unpaired) electrons. The minimum atomic E-state index is -1.13. The zero-order valence-corrected chi connectivity index (χ0v) is 11.4. The number of urea groups is 1. The van der Waals surface area contributed by atoms with E-state index in [1.165, 1.54) is 14.0 Å². The van der Waals surface area contributed by atoms with E-state index in [4.69, 9.17) is 9.84 Å². The van der Waals surface area contributed by atoms with Crippen LogP contribution in [0, 0.1) is 0 Å². The number of methoxy groups -OCH3 is 1. The predicted octanol–water partition coefficient (Wildman–Crippen LogP) is -1.17. The van der Waals surface area contributed by atoms with Crippen molar-refractivity contribution >= 4 is 23.8 Å². The van der Waals surface area contributed by atoms with Crippen LogP contribution in [0.4, 0.5) is 4.79 Å². The Balaban J connectivity index is 3.97. The highest BCUT2D eigenvalue weighted by atomic mass is 16.5. The van der Waals surface area contributed by atoms with Crippen LogP contribution in [-0.2, 0) is 19.1 Å². The Morgan fingerprint density at radius 3 is 2.40 bits per heavy atom. The second-order valence-electron chi connectivity index (χ2n) is 3.92. The second kappa shape index (κ2) is 9.73. The van der Waals surface area contributed by atoms with Crippen LogP contribution < -0.4 is 16.0 Å². The summed E-state index contributed by atoms with van der Waals surface area (Å²) < 4.78 is 4.74. The Hall–Kier alpha value is -2.16. The maximum absolute atomic E-state index is 11.5. The molecule has 0 saturated heterocycles. The number of carbonyl (C=O) groups is 4. The van der Waals surface area contributed by atoms with E-state index >= 15 is 0 Å². The molecule has 9 nitrogen and oxygen atoms in total. The van der Waals surface area contributed by atoms with Gasteiger partial charge in [0.2, 0.25) is 11.8 Å². The lowest BCUT2D eigenvalue weighted by atomic mass is 10.3. The molecule has 0 bridgehead atoms. The molecule has 0 rings (SSSR count). The number of rotatable bonds is 8. The Labute approximate surface area is 116 Å². The van der Waals surface area contributed by atoms with Crippen molar-refractivity contribution in [3.8, 4) is 0 Å². The first kappa shape index (κ1) is 17.8. The molecule has 9 heteroatoms. The van der Waals surface area contributed by atoms with Gasteiger partial charge in [0.25, 0.3) is 0 Å². The third-order valence-corrected chi connectivity index (χ3v) is 2.17. The molecule has 0 heterocycles. The van der Waals surface area contributed by atoms with Crippen LogP contribution in [0.1, 0.15) is 19.8 Å². The Morgan fingerprint density at radius 2 is 1.85 bits per heavy atom. The summed E-state index contributed by atoms with van der Waals surface area (Å²) in [7, 11) is 1.49. The van der Waals surface area contributed by atoms with Crippen molar-refractivity contribution in [2.75, 3.05) is 20.3 Å². The van der Waals surface area contributed by atoms with Gasteiger partial charge in [0.05, 0.1) is 13.0 Å². The van der Waals surface area contributed by atoms with Gasteiger partial charge in [0.1, 0.15) is 6.04 Å². The lowest BCUT2D eigenvalue weighted by Crippen LogP contribution is -2.50. The van der Waals surface area contributed by atoms with Crippen LogP contribution in [0.3, 0.4) is 0 Å². The number of carboxylic acids is 1. The molecular weight excluding hydrogens is 270 g/mol. The lowest BCUT2D eigenvalue weighted by molar-refractivity contribution is -0.138. The summed E-state index contributed by atoms with van der Waals surface area (Å²) in [5.74, 6) is -2.28. The lowest BCUT2D eigenvalue weighted by Gasteiger charge is -2.14. The number of aliphatic carboxylic acids is 1. The number of hydrogen-bond donors (Lipinski definition) is 4. The minimum Gasteiger partial charge on any atom is -0.481 e. The van der Waals surface area contributed by atoms with Crippen molar-refractivity contribution in [3.63, 3.8) is 0 Å². The fraction of sp³-hybridized carbons (Fsp3) is 0.636. The highest BCUT2D eigenvalue weighted by molar-refractivity contribution is 5.97. The van der Waals surface area contributed by atoms with Gasteiger partial charge in [-0.15, -0.1) is 0 Å². The van der Waals surface area contributed by atoms with E-state index in [-0.39, 0.29) is 12.8 Å². The molecule has 0 aromatic rings. The zero-order chi connectivity index (χ0) is 15.5.